The number of hydrogen-bond donors (Lipinski definition) is 1. The fraction of sp³-hybridized carbons (Fsp3) is 0.789. The SMILES string of the molecule is Cc1cnn(CCCNC(=O)CC23CC4CC(CC(Br)(C4)C2)C3)c1. The molecule has 0 spiro atoms. The topological polar surface area (TPSA) is 46.9 Å². The van der Waals surface area contributed by atoms with E-state index in [9.17, 15) is 4.79 Å². The van der Waals surface area contributed by atoms with Crippen LogP contribution in [0, 0.1) is 24.2 Å². The average molecular weight is 394 g/mol. The van der Waals surface area contributed by atoms with Crippen LogP contribution < -0.4 is 5.32 Å². The highest BCUT2D eigenvalue weighted by atomic mass is 79.9. The predicted octanol–water partition coefficient (Wildman–Crippen LogP) is 3.82. The van der Waals surface area contributed by atoms with Gasteiger partial charge in [0.15, 0.2) is 0 Å². The maximum Gasteiger partial charge on any atom is 0.220 e. The second kappa shape index (κ2) is 6.15. The highest BCUT2D eigenvalue weighted by molar-refractivity contribution is 9.10. The second-order valence-electron chi connectivity index (χ2n) is 8.77. The third-order valence-electron chi connectivity index (χ3n) is 6.29. The number of halogens is 1. The van der Waals surface area contributed by atoms with E-state index < -0.39 is 0 Å². The van der Waals surface area contributed by atoms with E-state index in [1.165, 1.54) is 44.1 Å². The summed E-state index contributed by atoms with van der Waals surface area (Å²) in [6, 6.07) is 0. The summed E-state index contributed by atoms with van der Waals surface area (Å²) >= 11 is 4.03. The molecule has 4 fully saturated rings. The summed E-state index contributed by atoms with van der Waals surface area (Å²) in [6.07, 6.45) is 13.4. The van der Waals surface area contributed by atoms with Gasteiger partial charge in [0.2, 0.25) is 5.91 Å². The van der Waals surface area contributed by atoms with E-state index in [1.807, 2.05) is 24.0 Å². The normalized spacial score (nSPS) is 36.9. The summed E-state index contributed by atoms with van der Waals surface area (Å²) in [6.45, 7) is 3.67. The average Bonchev–Trinajstić information content (AvgIpc) is 2.86. The van der Waals surface area contributed by atoms with Gasteiger partial charge in [-0.15, -0.1) is 0 Å². The Labute approximate surface area is 152 Å². The number of hydrogen-bond acceptors (Lipinski definition) is 2. The number of nitrogens with one attached hydrogen (secondary N) is 1. The van der Waals surface area contributed by atoms with Gasteiger partial charge >= 0.3 is 0 Å². The van der Waals surface area contributed by atoms with Crippen molar-refractivity contribution in [1.82, 2.24) is 15.1 Å². The van der Waals surface area contributed by atoms with Crippen molar-refractivity contribution in [3.05, 3.63) is 18.0 Å². The molecule has 1 aromatic rings. The van der Waals surface area contributed by atoms with Crippen molar-refractivity contribution in [3.8, 4) is 0 Å². The molecule has 4 bridgehead atoms. The first-order chi connectivity index (χ1) is 11.4. The minimum atomic E-state index is 0.254. The molecule has 24 heavy (non-hydrogen) atoms. The number of nitrogens with zero attached hydrogens (tertiary/aromatic N) is 2. The number of alkyl halides is 1. The molecule has 4 nitrogen and oxygen atoms in total. The van der Waals surface area contributed by atoms with Gasteiger partial charge in [-0.3, -0.25) is 9.48 Å². The Bertz CT molecular complexity index is 612. The van der Waals surface area contributed by atoms with E-state index in [-0.39, 0.29) is 11.3 Å². The molecule has 4 aliphatic rings. The quantitative estimate of drug-likeness (QED) is 0.589. The van der Waals surface area contributed by atoms with Gasteiger partial charge in [-0.05, 0) is 74.7 Å². The van der Waals surface area contributed by atoms with Crippen molar-refractivity contribution < 1.29 is 4.79 Å². The van der Waals surface area contributed by atoms with Crippen LogP contribution in [0.4, 0.5) is 0 Å². The monoisotopic (exact) mass is 393 g/mol. The maximum absolute atomic E-state index is 12.5. The molecule has 2 unspecified atom stereocenters. The third-order valence-corrected chi connectivity index (χ3v) is 7.22. The van der Waals surface area contributed by atoms with Gasteiger partial charge in [-0.1, -0.05) is 15.9 Å². The minimum Gasteiger partial charge on any atom is -0.356 e. The first kappa shape index (κ1) is 16.6. The van der Waals surface area contributed by atoms with E-state index in [4.69, 9.17) is 0 Å². The number of rotatable bonds is 6. The van der Waals surface area contributed by atoms with Gasteiger partial charge in [-0.2, -0.15) is 5.10 Å². The number of aryl methyl sites for hydroxylation is 2. The van der Waals surface area contributed by atoms with E-state index in [0.29, 0.717) is 4.32 Å². The van der Waals surface area contributed by atoms with E-state index in [1.54, 1.807) is 0 Å². The zero-order chi connectivity index (χ0) is 16.8. The van der Waals surface area contributed by atoms with Crippen LogP contribution in [0.2, 0.25) is 0 Å². The minimum absolute atomic E-state index is 0.254. The number of carbonyl (C=O) groups excluding carboxylic acids is 1. The number of aromatic nitrogens is 2. The molecular weight excluding hydrogens is 366 g/mol. The molecule has 2 atom stereocenters. The smallest absolute Gasteiger partial charge is 0.220 e. The fourth-order valence-corrected chi connectivity index (χ4v) is 7.51. The van der Waals surface area contributed by atoms with Gasteiger partial charge in [0, 0.05) is 30.0 Å². The zero-order valence-electron chi connectivity index (χ0n) is 14.6. The van der Waals surface area contributed by atoms with Gasteiger partial charge < -0.3 is 5.32 Å². The third kappa shape index (κ3) is 3.42. The summed E-state index contributed by atoms with van der Waals surface area (Å²) < 4.78 is 2.30. The molecule has 1 heterocycles. The molecule has 4 saturated carbocycles. The Morgan fingerprint density at radius 1 is 1.38 bits per heavy atom. The predicted molar refractivity (Wildman–Crippen MR) is 98.0 cm³/mol. The van der Waals surface area contributed by atoms with Crippen LogP contribution in [0.25, 0.3) is 0 Å². The Morgan fingerprint density at radius 3 is 2.75 bits per heavy atom. The van der Waals surface area contributed by atoms with E-state index >= 15 is 0 Å². The molecule has 5 heteroatoms. The Balaban J connectivity index is 1.26. The molecule has 0 radical (unpaired) electrons. The van der Waals surface area contributed by atoms with Crippen molar-refractivity contribution in [1.29, 1.82) is 0 Å². The van der Waals surface area contributed by atoms with Gasteiger partial charge in [-0.25, -0.2) is 0 Å². The molecule has 4 aliphatic carbocycles. The highest BCUT2D eigenvalue weighted by Crippen LogP contribution is 2.65. The Hall–Kier alpha value is -0.840. The van der Waals surface area contributed by atoms with E-state index in [2.05, 4.69) is 26.3 Å². The van der Waals surface area contributed by atoms with Crippen molar-refractivity contribution in [2.75, 3.05) is 6.54 Å². The summed E-state index contributed by atoms with van der Waals surface area (Å²) in [5, 5.41) is 7.44. The summed E-state index contributed by atoms with van der Waals surface area (Å²) in [4.78, 5) is 12.5. The molecule has 1 aromatic heterocycles. The van der Waals surface area contributed by atoms with Crippen molar-refractivity contribution >= 4 is 21.8 Å². The van der Waals surface area contributed by atoms with Crippen LogP contribution >= 0.6 is 15.9 Å². The van der Waals surface area contributed by atoms with Crippen LogP contribution in [0.15, 0.2) is 12.4 Å². The largest absolute Gasteiger partial charge is 0.356 e. The standard InChI is InChI=1S/C19H28BrN3O/c1-14-11-22-23(12-14)4-2-3-21-17(24)10-18-6-15-5-16(7-18)9-19(20,8-15)13-18/h11-12,15-16H,2-10,13H2,1H3,(H,21,24). The lowest BCUT2D eigenvalue weighted by Crippen LogP contribution is -2.54. The number of carbonyl (C=O) groups is 1. The summed E-state index contributed by atoms with van der Waals surface area (Å²) in [5.41, 5.74) is 1.46. The molecule has 5 rings (SSSR count). The van der Waals surface area contributed by atoms with Crippen LogP contribution in [0.5, 0.6) is 0 Å². The van der Waals surface area contributed by atoms with E-state index in [0.717, 1.165) is 37.8 Å². The van der Waals surface area contributed by atoms with Crippen LogP contribution in [0.3, 0.4) is 0 Å². The van der Waals surface area contributed by atoms with Gasteiger partial charge in [0.25, 0.3) is 0 Å². The first-order valence-corrected chi connectivity index (χ1v) is 10.2. The van der Waals surface area contributed by atoms with Crippen molar-refractivity contribution in [2.45, 2.75) is 69.2 Å². The second-order valence-corrected chi connectivity index (χ2v) is 10.5. The van der Waals surface area contributed by atoms with Crippen LogP contribution in [-0.4, -0.2) is 26.6 Å². The van der Waals surface area contributed by atoms with Crippen LogP contribution in [-0.2, 0) is 11.3 Å². The fourth-order valence-electron chi connectivity index (χ4n) is 6.00. The van der Waals surface area contributed by atoms with Crippen LogP contribution in [0.1, 0.15) is 56.9 Å². The number of amides is 1. The Morgan fingerprint density at radius 2 is 2.12 bits per heavy atom. The lowest BCUT2D eigenvalue weighted by Gasteiger charge is -2.60. The summed E-state index contributed by atoms with van der Waals surface area (Å²) in [5.74, 6) is 1.95. The maximum atomic E-state index is 12.5. The molecule has 132 valence electrons. The molecule has 0 aliphatic heterocycles. The summed E-state index contributed by atoms with van der Waals surface area (Å²) in [7, 11) is 0. The molecule has 1 amide bonds. The molecular formula is C19H28BrN3O. The molecule has 0 saturated heterocycles. The lowest BCUT2D eigenvalue weighted by molar-refractivity contribution is -0.128. The Kier molecular flexibility index (Phi) is 4.26. The lowest BCUT2D eigenvalue weighted by atomic mass is 9.48. The highest BCUT2D eigenvalue weighted by Gasteiger charge is 2.57. The van der Waals surface area contributed by atoms with Crippen molar-refractivity contribution in [3.63, 3.8) is 0 Å². The van der Waals surface area contributed by atoms with Gasteiger partial charge in [0.05, 0.1) is 6.20 Å². The van der Waals surface area contributed by atoms with Gasteiger partial charge in [0.1, 0.15) is 0 Å². The van der Waals surface area contributed by atoms with Crippen molar-refractivity contribution in [2.24, 2.45) is 17.3 Å². The molecule has 1 N–H and O–H groups in total. The first-order valence-electron chi connectivity index (χ1n) is 9.38. The zero-order valence-corrected chi connectivity index (χ0v) is 16.1. The molecule has 0 aromatic carbocycles.